The summed E-state index contributed by atoms with van der Waals surface area (Å²) in [5.41, 5.74) is 1.50. The minimum absolute atomic E-state index is 0.334. The largest absolute Gasteiger partial charge is 0.449 e. The van der Waals surface area contributed by atoms with Gasteiger partial charge < -0.3 is 10.1 Å². The molecule has 6 heteroatoms. The van der Waals surface area contributed by atoms with Gasteiger partial charge in [-0.1, -0.05) is 40.2 Å². The topological polar surface area (TPSA) is 68.3 Å². The number of para-hydroxylation sites is 1. The molecule has 0 saturated heterocycles. The Labute approximate surface area is 153 Å². The molecule has 1 atom stereocenters. The molecule has 3 rings (SSSR count). The third-order valence-electron chi connectivity index (χ3n) is 3.60. The molecule has 2 aromatic carbocycles. The minimum Gasteiger partial charge on any atom is -0.449 e. The molecular weight excluding hydrogens is 384 g/mol. The second kappa shape index (κ2) is 7.44. The van der Waals surface area contributed by atoms with Crippen molar-refractivity contribution < 1.29 is 14.3 Å². The summed E-state index contributed by atoms with van der Waals surface area (Å²) in [7, 11) is 0. The predicted octanol–water partition coefficient (Wildman–Crippen LogP) is 4.18. The summed E-state index contributed by atoms with van der Waals surface area (Å²) in [5, 5.41) is 3.55. The molecule has 0 radical (unpaired) electrons. The van der Waals surface area contributed by atoms with Crippen LogP contribution in [0.25, 0.3) is 10.9 Å². The highest BCUT2D eigenvalue weighted by Crippen LogP contribution is 2.18. The van der Waals surface area contributed by atoms with Crippen molar-refractivity contribution in [1.29, 1.82) is 0 Å². The van der Waals surface area contributed by atoms with Crippen LogP contribution < -0.4 is 5.32 Å². The number of nitrogens with one attached hydrogen (secondary N) is 1. The lowest BCUT2D eigenvalue weighted by molar-refractivity contribution is -0.123. The molecular formula is C19H15BrN2O3. The molecule has 126 valence electrons. The SMILES string of the molecule is C[C@H](OC(=O)c1cccc2cccnc12)C(=O)Nc1cccc(Br)c1. The first kappa shape index (κ1) is 17.1. The number of anilines is 1. The lowest BCUT2D eigenvalue weighted by Gasteiger charge is -2.14. The number of hydrogen-bond acceptors (Lipinski definition) is 4. The number of carbonyl (C=O) groups is 2. The van der Waals surface area contributed by atoms with Gasteiger partial charge in [0.1, 0.15) is 0 Å². The fourth-order valence-corrected chi connectivity index (χ4v) is 2.76. The predicted molar refractivity (Wildman–Crippen MR) is 99.4 cm³/mol. The van der Waals surface area contributed by atoms with Crippen LogP contribution in [0.3, 0.4) is 0 Å². The van der Waals surface area contributed by atoms with Crippen molar-refractivity contribution in [2.75, 3.05) is 5.32 Å². The summed E-state index contributed by atoms with van der Waals surface area (Å²) in [6.45, 7) is 1.53. The molecule has 0 aliphatic rings. The molecule has 0 aliphatic heterocycles. The van der Waals surface area contributed by atoms with E-state index in [0.717, 1.165) is 9.86 Å². The zero-order chi connectivity index (χ0) is 17.8. The molecule has 0 bridgehead atoms. The van der Waals surface area contributed by atoms with Gasteiger partial charge in [-0.05, 0) is 37.3 Å². The van der Waals surface area contributed by atoms with Crippen molar-refractivity contribution in [2.24, 2.45) is 0 Å². The Morgan fingerprint density at radius 2 is 1.88 bits per heavy atom. The van der Waals surface area contributed by atoms with E-state index in [-0.39, 0.29) is 0 Å². The van der Waals surface area contributed by atoms with E-state index < -0.39 is 18.0 Å². The van der Waals surface area contributed by atoms with Gasteiger partial charge in [-0.15, -0.1) is 0 Å². The number of benzene rings is 2. The van der Waals surface area contributed by atoms with E-state index in [1.54, 1.807) is 42.6 Å². The highest BCUT2D eigenvalue weighted by Gasteiger charge is 2.20. The third-order valence-corrected chi connectivity index (χ3v) is 4.09. The van der Waals surface area contributed by atoms with Gasteiger partial charge in [0.05, 0.1) is 11.1 Å². The Morgan fingerprint density at radius 1 is 1.12 bits per heavy atom. The van der Waals surface area contributed by atoms with E-state index in [1.807, 2.05) is 18.2 Å². The summed E-state index contributed by atoms with van der Waals surface area (Å²) < 4.78 is 6.15. The third kappa shape index (κ3) is 4.03. The van der Waals surface area contributed by atoms with E-state index in [1.165, 1.54) is 6.92 Å². The molecule has 1 heterocycles. The zero-order valence-corrected chi connectivity index (χ0v) is 15.0. The Kier molecular flexibility index (Phi) is 5.09. The van der Waals surface area contributed by atoms with Gasteiger partial charge in [-0.2, -0.15) is 0 Å². The van der Waals surface area contributed by atoms with E-state index in [2.05, 4.69) is 26.2 Å². The summed E-state index contributed by atoms with van der Waals surface area (Å²) in [4.78, 5) is 28.9. The fraction of sp³-hybridized carbons (Fsp3) is 0.105. The average molecular weight is 399 g/mol. The van der Waals surface area contributed by atoms with Gasteiger partial charge in [-0.3, -0.25) is 9.78 Å². The van der Waals surface area contributed by atoms with Gasteiger partial charge in [0.15, 0.2) is 6.10 Å². The molecule has 0 unspecified atom stereocenters. The number of nitrogens with zero attached hydrogens (tertiary/aromatic N) is 1. The van der Waals surface area contributed by atoms with Crippen LogP contribution in [-0.4, -0.2) is 23.0 Å². The van der Waals surface area contributed by atoms with Crippen molar-refractivity contribution in [2.45, 2.75) is 13.0 Å². The second-order valence-corrected chi connectivity index (χ2v) is 6.34. The molecule has 1 amide bonds. The maximum atomic E-state index is 12.4. The second-order valence-electron chi connectivity index (χ2n) is 5.43. The van der Waals surface area contributed by atoms with Crippen LogP contribution in [0.4, 0.5) is 5.69 Å². The normalized spacial score (nSPS) is 11.8. The van der Waals surface area contributed by atoms with Crippen molar-refractivity contribution >= 4 is 44.4 Å². The number of aromatic nitrogens is 1. The first-order chi connectivity index (χ1) is 12.0. The summed E-state index contributed by atoms with van der Waals surface area (Å²) in [6.07, 6.45) is 0.674. The van der Waals surface area contributed by atoms with Crippen LogP contribution in [-0.2, 0) is 9.53 Å². The number of hydrogen-bond donors (Lipinski definition) is 1. The Bertz CT molecular complexity index is 937. The molecule has 3 aromatic rings. The Morgan fingerprint density at radius 3 is 2.68 bits per heavy atom. The van der Waals surface area contributed by atoms with E-state index in [0.29, 0.717) is 16.8 Å². The van der Waals surface area contributed by atoms with Gasteiger partial charge in [0.25, 0.3) is 5.91 Å². The Balaban J connectivity index is 1.72. The first-order valence-electron chi connectivity index (χ1n) is 7.66. The highest BCUT2D eigenvalue weighted by molar-refractivity contribution is 9.10. The minimum atomic E-state index is -0.939. The molecule has 1 N–H and O–H groups in total. The molecule has 1 aromatic heterocycles. The number of ether oxygens (including phenoxy) is 1. The lowest BCUT2D eigenvalue weighted by atomic mass is 10.1. The van der Waals surface area contributed by atoms with Gasteiger partial charge >= 0.3 is 5.97 Å². The molecule has 5 nitrogen and oxygen atoms in total. The van der Waals surface area contributed by atoms with Gasteiger partial charge in [0.2, 0.25) is 0 Å². The number of fused-ring (bicyclic) bond motifs is 1. The number of halogens is 1. The summed E-state index contributed by atoms with van der Waals surface area (Å²) >= 11 is 3.34. The van der Waals surface area contributed by atoms with Gasteiger partial charge in [-0.25, -0.2) is 4.79 Å². The summed E-state index contributed by atoms with van der Waals surface area (Å²) in [6, 6.07) is 16.1. The van der Waals surface area contributed by atoms with Crippen LogP contribution in [0.15, 0.2) is 65.3 Å². The molecule has 0 fully saturated rings. The van der Waals surface area contributed by atoms with Crippen LogP contribution in [0.1, 0.15) is 17.3 Å². The van der Waals surface area contributed by atoms with Crippen molar-refractivity contribution in [3.05, 3.63) is 70.8 Å². The number of amides is 1. The molecule has 0 saturated carbocycles. The number of esters is 1. The lowest BCUT2D eigenvalue weighted by Crippen LogP contribution is -2.30. The molecule has 25 heavy (non-hydrogen) atoms. The van der Waals surface area contributed by atoms with Gasteiger partial charge in [0, 0.05) is 21.7 Å². The average Bonchev–Trinajstić information content (AvgIpc) is 2.61. The van der Waals surface area contributed by atoms with Crippen molar-refractivity contribution in [3.63, 3.8) is 0 Å². The smallest absolute Gasteiger partial charge is 0.341 e. The first-order valence-corrected chi connectivity index (χ1v) is 8.45. The fourth-order valence-electron chi connectivity index (χ4n) is 2.36. The number of carbonyl (C=O) groups excluding carboxylic acids is 2. The van der Waals surface area contributed by atoms with E-state index in [4.69, 9.17) is 4.74 Å². The van der Waals surface area contributed by atoms with E-state index >= 15 is 0 Å². The molecule has 0 spiro atoms. The van der Waals surface area contributed by atoms with Crippen LogP contribution in [0.5, 0.6) is 0 Å². The number of pyridine rings is 1. The maximum absolute atomic E-state index is 12.4. The van der Waals surface area contributed by atoms with Crippen LogP contribution in [0, 0.1) is 0 Å². The van der Waals surface area contributed by atoms with Crippen LogP contribution in [0.2, 0.25) is 0 Å². The quantitative estimate of drug-likeness (QED) is 0.669. The summed E-state index contributed by atoms with van der Waals surface area (Å²) in [5.74, 6) is -0.985. The monoisotopic (exact) mass is 398 g/mol. The molecule has 0 aliphatic carbocycles. The zero-order valence-electron chi connectivity index (χ0n) is 13.4. The van der Waals surface area contributed by atoms with E-state index in [9.17, 15) is 9.59 Å². The number of rotatable bonds is 4. The highest BCUT2D eigenvalue weighted by atomic mass is 79.9. The Hall–Kier alpha value is -2.73. The van der Waals surface area contributed by atoms with Crippen molar-refractivity contribution in [1.82, 2.24) is 4.98 Å². The van der Waals surface area contributed by atoms with Crippen molar-refractivity contribution in [3.8, 4) is 0 Å². The maximum Gasteiger partial charge on any atom is 0.341 e. The van der Waals surface area contributed by atoms with Crippen LogP contribution >= 0.6 is 15.9 Å². The standard InChI is InChI=1S/C19H15BrN2O3/c1-12(18(23)22-15-8-3-7-14(20)11-15)25-19(24)16-9-2-5-13-6-4-10-21-17(13)16/h2-12H,1H3,(H,22,23)/t12-/m0/s1.